The zero-order valence-corrected chi connectivity index (χ0v) is 17.1. The maximum absolute atomic E-state index is 13.0. The zero-order valence-electron chi connectivity index (χ0n) is 17.1. The maximum atomic E-state index is 13.0. The van der Waals surface area contributed by atoms with Crippen molar-refractivity contribution >= 4 is 17.0 Å². The number of aliphatic hydroxyl groups excluding tert-OH is 1. The number of pyridine rings is 1. The molecule has 0 saturated heterocycles. The van der Waals surface area contributed by atoms with Crippen molar-refractivity contribution < 1.29 is 14.6 Å². The van der Waals surface area contributed by atoms with Crippen molar-refractivity contribution in [3.63, 3.8) is 0 Å². The Balaban J connectivity index is 1.61. The molecule has 2 heterocycles. The average molecular weight is 402 g/mol. The van der Waals surface area contributed by atoms with Crippen molar-refractivity contribution in [3.8, 4) is 0 Å². The Labute approximate surface area is 176 Å². The van der Waals surface area contributed by atoms with Gasteiger partial charge in [-0.25, -0.2) is 4.79 Å². The number of carbonyl (C=O) groups is 1. The van der Waals surface area contributed by atoms with E-state index in [9.17, 15) is 9.90 Å². The van der Waals surface area contributed by atoms with Crippen LogP contribution >= 0.6 is 0 Å². The largest absolute Gasteiger partial charge is 0.445 e. The highest BCUT2D eigenvalue weighted by Crippen LogP contribution is 2.37. The van der Waals surface area contributed by atoms with Crippen molar-refractivity contribution in [1.82, 2.24) is 9.88 Å². The molecule has 0 spiro atoms. The van der Waals surface area contributed by atoms with Gasteiger partial charge in [0, 0.05) is 5.39 Å². The summed E-state index contributed by atoms with van der Waals surface area (Å²) in [5, 5.41) is 10.6. The lowest BCUT2D eigenvalue weighted by atomic mass is 10.0. The Morgan fingerprint density at radius 2 is 1.97 bits per heavy atom. The lowest BCUT2D eigenvalue weighted by Gasteiger charge is -2.23. The summed E-state index contributed by atoms with van der Waals surface area (Å²) in [5.41, 5.74) is 4.79. The minimum atomic E-state index is -0.346. The van der Waals surface area contributed by atoms with Crippen LogP contribution in [0.15, 0.2) is 72.3 Å². The van der Waals surface area contributed by atoms with Gasteiger partial charge in [0.1, 0.15) is 6.61 Å². The second-order valence-corrected chi connectivity index (χ2v) is 7.52. The van der Waals surface area contributed by atoms with Gasteiger partial charge in [0.15, 0.2) is 0 Å². The molecule has 0 bridgehead atoms. The predicted molar refractivity (Wildman–Crippen MR) is 117 cm³/mol. The summed E-state index contributed by atoms with van der Waals surface area (Å²) in [6, 6.07) is 19.6. The van der Waals surface area contributed by atoms with Crippen LogP contribution in [0.5, 0.6) is 0 Å². The van der Waals surface area contributed by atoms with Gasteiger partial charge in [-0.3, -0.25) is 9.88 Å². The third-order valence-corrected chi connectivity index (χ3v) is 5.60. The molecule has 2 aromatic carbocycles. The van der Waals surface area contributed by atoms with Gasteiger partial charge in [-0.1, -0.05) is 61.5 Å². The minimum absolute atomic E-state index is 0.0275. The number of nitrogens with zero attached hydrogens (tertiary/aromatic N) is 2. The molecule has 1 aliphatic rings. The molecule has 5 nitrogen and oxygen atoms in total. The van der Waals surface area contributed by atoms with Crippen LogP contribution in [0.2, 0.25) is 0 Å². The Hall–Kier alpha value is -3.18. The van der Waals surface area contributed by atoms with Gasteiger partial charge in [-0.2, -0.15) is 0 Å². The third-order valence-electron chi connectivity index (χ3n) is 5.60. The molecule has 1 amide bonds. The van der Waals surface area contributed by atoms with Crippen LogP contribution in [-0.2, 0) is 17.9 Å². The SMILES string of the molecule is CC/C(=C\CC1c2nc3ccccc3cc2CN1C(=O)OCc1ccccc1)CO. The molecule has 1 aliphatic heterocycles. The number of ether oxygens (including phenoxy) is 1. The molecule has 1 N–H and O–H groups in total. The van der Waals surface area contributed by atoms with E-state index in [0.29, 0.717) is 13.0 Å². The normalized spacial score (nSPS) is 16.0. The quantitative estimate of drug-likeness (QED) is 0.580. The van der Waals surface area contributed by atoms with Crippen molar-refractivity contribution in [3.05, 3.63) is 89.1 Å². The number of hydrogen-bond donors (Lipinski definition) is 1. The smallest absolute Gasteiger partial charge is 0.410 e. The molecule has 4 rings (SSSR count). The molecule has 1 aromatic heterocycles. The van der Waals surface area contributed by atoms with Gasteiger partial charge in [-0.15, -0.1) is 0 Å². The highest BCUT2D eigenvalue weighted by atomic mass is 16.6. The second-order valence-electron chi connectivity index (χ2n) is 7.52. The first kappa shape index (κ1) is 20.1. The number of fused-ring (bicyclic) bond motifs is 2. The first-order chi connectivity index (χ1) is 14.7. The summed E-state index contributed by atoms with van der Waals surface area (Å²) in [4.78, 5) is 19.6. The van der Waals surface area contributed by atoms with Crippen molar-refractivity contribution in [1.29, 1.82) is 0 Å². The fourth-order valence-corrected chi connectivity index (χ4v) is 3.86. The Morgan fingerprint density at radius 1 is 1.20 bits per heavy atom. The van der Waals surface area contributed by atoms with E-state index in [4.69, 9.17) is 9.72 Å². The molecule has 0 fully saturated rings. The number of hydrogen-bond acceptors (Lipinski definition) is 4. The van der Waals surface area contributed by atoms with E-state index in [1.807, 2.05) is 67.6 Å². The van der Waals surface area contributed by atoms with Gasteiger partial charge in [0.25, 0.3) is 0 Å². The standard InChI is InChI=1S/C25H26N2O3/c1-2-18(16-28)12-13-23-24-21(14-20-10-6-7-11-22(20)26-24)15-27(23)25(29)30-17-19-8-4-3-5-9-19/h3-12,14,23,28H,2,13,15-17H2,1H3/b18-12+. The predicted octanol–water partition coefficient (Wildman–Crippen LogP) is 5.15. The first-order valence-electron chi connectivity index (χ1n) is 10.3. The monoisotopic (exact) mass is 402 g/mol. The number of aliphatic hydroxyl groups is 1. The summed E-state index contributed by atoms with van der Waals surface area (Å²) in [6.07, 6.45) is 3.05. The summed E-state index contributed by atoms with van der Waals surface area (Å²) >= 11 is 0. The van der Waals surface area contributed by atoms with E-state index in [1.54, 1.807) is 4.90 Å². The summed E-state index contributed by atoms with van der Waals surface area (Å²) in [5.74, 6) is 0. The highest BCUT2D eigenvalue weighted by Gasteiger charge is 2.35. The fourth-order valence-electron chi connectivity index (χ4n) is 3.86. The van der Waals surface area contributed by atoms with E-state index in [-0.39, 0.29) is 25.3 Å². The lowest BCUT2D eigenvalue weighted by molar-refractivity contribution is 0.0830. The molecule has 0 aliphatic carbocycles. The van der Waals surface area contributed by atoms with E-state index >= 15 is 0 Å². The zero-order chi connectivity index (χ0) is 20.9. The van der Waals surface area contributed by atoms with Crippen LogP contribution in [0.1, 0.15) is 42.6 Å². The number of para-hydroxylation sites is 1. The van der Waals surface area contributed by atoms with E-state index in [0.717, 1.165) is 39.7 Å². The van der Waals surface area contributed by atoms with Gasteiger partial charge >= 0.3 is 6.09 Å². The number of amides is 1. The summed E-state index contributed by atoms with van der Waals surface area (Å²) in [6.45, 7) is 2.75. The topological polar surface area (TPSA) is 62.7 Å². The highest BCUT2D eigenvalue weighted by molar-refractivity contribution is 5.80. The first-order valence-corrected chi connectivity index (χ1v) is 10.3. The third kappa shape index (κ3) is 4.21. The van der Waals surface area contributed by atoms with E-state index in [1.165, 1.54) is 0 Å². The second kappa shape index (κ2) is 9.09. The maximum Gasteiger partial charge on any atom is 0.410 e. The number of benzene rings is 2. The molecular weight excluding hydrogens is 376 g/mol. The van der Waals surface area contributed by atoms with Gasteiger partial charge in [0.05, 0.1) is 30.4 Å². The van der Waals surface area contributed by atoms with Crippen molar-refractivity contribution in [2.24, 2.45) is 0 Å². The van der Waals surface area contributed by atoms with Gasteiger partial charge in [-0.05, 0) is 41.7 Å². The molecule has 5 heteroatoms. The van der Waals surface area contributed by atoms with E-state index < -0.39 is 0 Å². The van der Waals surface area contributed by atoms with Crippen LogP contribution in [0, 0.1) is 0 Å². The van der Waals surface area contributed by atoms with Crippen LogP contribution in [-0.4, -0.2) is 27.7 Å². The Morgan fingerprint density at radius 3 is 2.73 bits per heavy atom. The molecule has 1 atom stereocenters. The average Bonchev–Trinajstić information content (AvgIpc) is 3.14. The van der Waals surface area contributed by atoms with Crippen LogP contribution < -0.4 is 0 Å². The van der Waals surface area contributed by atoms with Crippen LogP contribution in [0.3, 0.4) is 0 Å². The number of carbonyl (C=O) groups excluding carboxylic acids is 1. The molecular formula is C25H26N2O3. The lowest BCUT2D eigenvalue weighted by Crippen LogP contribution is -2.30. The summed E-state index contributed by atoms with van der Waals surface area (Å²) in [7, 11) is 0. The van der Waals surface area contributed by atoms with Crippen LogP contribution in [0.4, 0.5) is 4.79 Å². The molecule has 0 radical (unpaired) electrons. The van der Waals surface area contributed by atoms with E-state index in [2.05, 4.69) is 6.07 Å². The summed E-state index contributed by atoms with van der Waals surface area (Å²) < 4.78 is 5.62. The molecule has 3 aromatic rings. The Bertz CT molecular complexity index is 1060. The minimum Gasteiger partial charge on any atom is -0.445 e. The van der Waals surface area contributed by atoms with Crippen molar-refractivity contribution in [2.45, 2.75) is 39.0 Å². The van der Waals surface area contributed by atoms with Crippen molar-refractivity contribution in [2.75, 3.05) is 6.61 Å². The number of rotatable bonds is 6. The number of aromatic nitrogens is 1. The molecule has 154 valence electrons. The molecule has 0 saturated carbocycles. The fraction of sp³-hybridized carbons (Fsp3) is 0.280. The van der Waals surface area contributed by atoms with Gasteiger partial charge in [0.2, 0.25) is 0 Å². The molecule has 30 heavy (non-hydrogen) atoms. The molecule has 1 unspecified atom stereocenters. The Kier molecular flexibility index (Phi) is 6.10. The van der Waals surface area contributed by atoms with Gasteiger partial charge < -0.3 is 9.84 Å². The van der Waals surface area contributed by atoms with Crippen LogP contribution in [0.25, 0.3) is 10.9 Å².